The molecule has 0 saturated carbocycles. The van der Waals surface area contributed by atoms with Gasteiger partial charge < -0.3 is 14.3 Å². The predicted molar refractivity (Wildman–Crippen MR) is 74.1 cm³/mol. The molecule has 0 bridgehead atoms. The molecular formula is C16H20O3. The van der Waals surface area contributed by atoms with Crippen LogP contribution in [0, 0.1) is 12.8 Å². The predicted octanol–water partition coefficient (Wildman–Crippen LogP) is 3.59. The molecule has 19 heavy (non-hydrogen) atoms. The van der Waals surface area contributed by atoms with E-state index in [9.17, 15) is 5.11 Å². The third kappa shape index (κ3) is 2.53. The van der Waals surface area contributed by atoms with E-state index < -0.39 is 6.10 Å². The lowest BCUT2D eigenvalue weighted by Gasteiger charge is -2.24. The van der Waals surface area contributed by atoms with E-state index in [1.54, 1.807) is 0 Å². The first kappa shape index (κ1) is 12.7. The van der Waals surface area contributed by atoms with Gasteiger partial charge in [-0.3, -0.25) is 0 Å². The SMILES string of the molecule is Cc1oc2ccccc2c1C(O)CC1CCOCC1. The third-order valence-electron chi connectivity index (χ3n) is 4.05. The first-order valence-electron chi connectivity index (χ1n) is 6.99. The van der Waals surface area contributed by atoms with Gasteiger partial charge >= 0.3 is 0 Å². The van der Waals surface area contributed by atoms with Crippen LogP contribution in [0.25, 0.3) is 11.0 Å². The van der Waals surface area contributed by atoms with Crippen LogP contribution in [0.15, 0.2) is 28.7 Å². The van der Waals surface area contributed by atoms with E-state index in [0.717, 1.165) is 54.8 Å². The summed E-state index contributed by atoms with van der Waals surface area (Å²) in [5.74, 6) is 1.39. The van der Waals surface area contributed by atoms with Crippen LogP contribution < -0.4 is 0 Å². The average molecular weight is 260 g/mol. The Hall–Kier alpha value is -1.32. The van der Waals surface area contributed by atoms with Crippen molar-refractivity contribution in [2.45, 2.75) is 32.3 Å². The van der Waals surface area contributed by atoms with Gasteiger partial charge in [0.1, 0.15) is 11.3 Å². The molecule has 3 rings (SSSR count). The van der Waals surface area contributed by atoms with Crippen molar-refractivity contribution in [2.24, 2.45) is 5.92 Å². The Balaban J connectivity index is 1.84. The summed E-state index contributed by atoms with van der Waals surface area (Å²) in [7, 11) is 0. The molecule has 2 heterocycles. The summed E-state index contributed by atoms with van der Waals surface area (Å²) >= 11 is 0. The van der Waals surface area contributed by atoms with E-state index in [2.05, 4.69) is 0 Å². The molecule has 1 unspecified atom stereocenters. The van der Waals surface area contributed by atoms with Crippen LogP contribution in [-0.4, -0.2) is 18.3 Å². The number of rotatable bonds is 3. The Morgan fingerprint density at radius 2 is 2.00 bits per heavy atom. The fourth-order valence-electron chi connectivity index (χ4n) is 3.02. The van der Waals surface area contributed by atoms with Crippen LogP contribution >= 0.6 is 0 Å². The number of hydrogen-bond acceptors (Lipinski definition) is 3. The van der Waals surface area contributed by atoms with E-state index in [1.807, 2.05) is 31.2 Å². The van der Waals surface area contributed by atoms with Gasteiger partial charge in [0.25, 0.3) is 0 Å². The van der Waals surface area contributed by atoms with Crippen LogP contribution in [0.5, 0.6) is 0 Å². The van der Waals surface area contributed by atoms with E-state index in [-0.39, 0.29) is 0 Å². The van der Waals surface area contributed by atoms with Crippen molar-refractivity contribution in [1.29, 1.82) is 0 Å². The zero-order chi connectivity index (χ0) is 13.2. The summed E-state index contributed by atoms with van der Waals surface area (Å²) < 4.78 is 11.1. The molecule has 1 saturated heterocycles. The number of ether oxygens (including phenoxy) is 1. The van der Waals surface area contributed by atoms with Gasteiger partial charge in [-0.15, -0.1) is 0 Å². The first-order chi connectivity index (χ1) is 9.25. The number of aliphatic hydroxyl groups excluding tert-OH is 1. The smallest absolute Gasteiger partial charge is 0.134 e. The van der Waals surface area contributed by atoms with Crippen LogP contribution in [-0.2, 0) is 4.74 Å². The molecule has 1 N–H and O–H groups in total. The number of fused-ring (bicyclic) bond motifs is 1. The Morgan fingerprint density at radius 1 is 1.26 bits per heavy atom. The van der Waals surface area contributed by atoms with Gasteiger partial charge in [-0.25, -0.2) is 0 Å². The lowest BCUT2D eigenvalue weighted by molar-refractivity contribution is 0.0435. The minimum atomic E-state index is -0.438. The average Bonchev–Trinajstić information content (AvgIpc) is 2.75. The van der Waals surface area contributed by atoms with Crippen molar-refractivity contribution in [2.75, 3.05) is 13.2 Å². The molecule has 2 aromatic rings. The number of benzene rings is 1. The lowest BCUT2D eigenvalue weighted by Crippen LogP contribution is -2.18. The second kappa shape index (κ2) is 5.35. The normalized spacial score (nSPS) is 18.8. The monoisotopic (exact) mass is 260 g/mol. The van der Waals surface area contributed by atoms with Gasteiger partial charge in [0.2, 0.25) is 0 Å². The van der Waals surface area contributed by atoms with Crippen molar-refractivity contribution in [3.05, 3.63) is 35.6 Å². The molecule has 0 radical (unpaired) electrons. The molecule has 0 amide bonds. The highest BCUT2D eigenvalue weighted by molar-refractivity contribution is 5.82. The summed E-state index contributed by atoms with van der Waals surface area (Å²) in [4.78, 5) is 0. The van der Waals surface area contributed by atoms with Crippen molar-refractivity contribution >= 4 is 11.0 Å². The molecule has 102 valence electrons. The summed E-state index contributed by atoms with van der Waals surface area (Å²) in [5, 5.41) is 11.6. The van der Waals surface area contributed by atoms with Crippen molar-refractivity contribution in [1.82, 2.24) is 0 Å². The van der Waals surface area contributed by atoms with Crippen molar-refractivity contribution < 1.29 is 14.3 Å². The number of furan rings is 1. The zero-order valence-electron chi connectivity index (χ0n) is 11.3. The second-order valence-corrected chi connectivity index (χ2v) is 5.38. The maximum absolute atomic E-state index is 10.5. The van der Waals surface area contributed by atoms with E-state index in [1.165, 1.54) is 0 Å². The minimum Gasteiger partial charge on any atom is -0.461 e. The standard InChI is InChI=1S/C16H20O3/c1-11-16(13-4-2-3-5-15(13)19-11)14(17)10-12-6-8-18-9-7-12/h2-5,12,14,17H,6-10H2,1H3. The van der Waals surface area contributed by atoms with Crippen molar-refractivity contribution in [3.63, 3.8) is 0 Å². The van der Waals surface area contributed by atoms with Crippen LogP contribution in [0.3, 0.4) is 0 Å². The molecule has 1 aromatic carbocycles. The van der Waals surface area contributed by atoms with Gasteiger partial charge in [0, 0.05) is 24.2 Å². The number of aryl methyl sites for hydroxylation is 1. The second-order valence-electron chi connectivity index (χ2n) is 5.38. The summed E-state index contributed by atoms with van der Waals surface area (Å²) in [6, 6.07) is 7.92. The molecule has 1 fully saturated rings. The molecule has 1 aromatic heterocycles. The van der Waals surface area contributed by atoms with Crippen LogP contribution in [0.2, 0.25) is 0 Å². The van der Waals surface area contributed by atoms with E-state index >= 15 is 0 Å². The Morgan fingerprint density at radius 3 is 2.79 bits per heavy atom. The molecular weight excluding hydrogens is 240 g/mol. The number of hydrogen-bond donors (Lipinski definition) is 1. The molecule has 1 atom stereocenters. The third-order valence-corrected chi connectivity index (χ3v) is 4.05. The highest BCUT2D eigenvalue weighted by atomic mass is 16.5. The number of aliphatic hydroxyl groups is 1. The fourth-order valence-corrected chi connectivity index (χ4v) is 3.02. The highest BCUT2D eigenvalue weighted by Crippen LogP contribution is 2.35. The molecule has 0 spiro atoms. The largest absolute Gasteiger partial charge is 0.461 e. The molecule has 3 nitrogen and oxygen atoms in total. The van der Waals surface area contributed by atoms with E-state index in [0.29, 0.717) is 5.92 Å². The van der Waals surface area contributed by atoms with Gasteiger partial charge in [-0.1, -0.05) is 18.2 Å². The molecule has 1 aliphatic heterocycles. The van der Waals surface area contributed by atoms with Gasteiger partial charge in [-0.05, 0) is 38.2 Å². The summed E-state index contributed by atoms with van der Waals surface area (Å²) in [5.41, 5.74) is 1.82. The number of para-hydroxylation sites is 1. The topological polar surface area (TPSA) is 42.6 Å². The minimum absolute atomic E-state index is 0.438. The molecule has 3 heteroatoms. The Labute approximate surface area is 113 Å². The molecule has 1 aliphatic rings. The summed E-state index contributed by atoms with van der Waals surface area (Å²) in [6.45, 7) is 3.58. The maximum atomic E-state index is 10.5. The van der Waals surface area contributed by atoms with Crippen LogP contribution in [0.4, 0.5) is 0 Å². The van der Waals surface area contributed by atoms with Gasteiger partial charge in [0.05, 0.1) is 6.10 Å². The lowest BCUT2D eigenvalue weighted by atomic mass is 9.90. The van der Waals surface area contributed by atoms with E-state index in [4.69, 9.17) is 9.15 Å². The summed E-state index contributed by atoms with van der Waals surface area (Å²) in [6.07, 6.45) is 2.46. The quantitative estimate of drug-likeness (QED) is 0.917. The van der Waals surface area contributed by atoms with Gasteiger partial charge in [0.15, 0.2) is 0 Å². The maximum Gasteiger partial charge on any atom is 0.134 e. The van der Waals surface area contributed by atoms with Crippen molar-refractivity contribution in [3.8, 4) is 0 Å². The highest BCUT2D eigenvalue weighted by Gasteiger charge is 2.23. The molecule has 0 aliphatic carbocycles. The Kier molecular flexibility index (Phi) is 3.58. The zero-order valence-corrected chi connectivity index (χ0v) is 11.3. The van der Waals surface area contributed by atoms with Gasteiger partial charge in [-0.2, -0.15) is 0 Å². The Bertz CT molecular complexity index is 552. The fraction of sp³-hybridized carbons (Fsp3) is 0.500. The first-order valence-corrected chi connectivity index (χ1v) is 6.99. The van der Waals surface area contributed by atoms with Crippen LogP contribution in [0.1, 0.15) is 36.7 Å².